The van der Waals surface area contributed by atoms with E-state index >= 15 is 0 Å². The Morgan fingerprint density at radius 1 is 1.33 bits per heavy atom. The van der Waals surface area contributed by atoms with Crippen molar-refractivity contribution in [3.63, 3.8) is 0 Å². The number of allylic oxidation sites excluding steroid dienone is 1. The van der Waals surface area contributed by atoms with Crippen LogP contribution in [0.1, 0.15) is 20.3 Å². The molecule has 0 saturated heterocycles. The number of nitrogens with one attached hydrogen (secondary N) is 2. The summed E-state index contributed by atoms with van der Waals surface area (Å²) in [6.07, 6.45) is 3.42. The van der Waals surface area contributed by atoms with E-state index in [0.717, 1.165) is 0 Å². The van der Waals surface area contributed by atoms with Crippen LogP contribution in [0.25, 0.3) is 0 Å². The molecule has 0 atom stereocenters. The van der Waals surface area contributed by atoms with Crippen molar-refractivity contribution in [3.05, 3.63) is 35.4 Å². The van der Waals surface area contributed by atoms with Gasteiger partial charge in [-0.3, -0.25) is 9.59 Å². The van der Waals surface area contributed by atoms with Gasteiger partial charge in [0.05, 0.1) is 10.7 Å². The Labute approximate surface area is 111 Å². The number of amides is 2. The van der Waals surface area contributed by atoms with Crippen LogP contribution in [0.4, 0.5) is 11.4 Å². The van der Waals surface area contributed by atoms with Crippen molar-refractivity contribution in [1.29, 1.82) is 0 Å². The molecule has 2 N–H and O–H groups in total. The summed E-state index contributed by atoms with van der Waals surface area (Å²) in [7, 11) is 0. The maximum atomic E-state index is 11.4. The number of anilines is 2. The molecule has 0 spiro atoms. The second-order valence-corrected chi connectivity index (χ2v) is 3.99. The van der Waals surface area contributed by atoms with Gasteiger partial charge in [0.2, 0.25) is 11.8 Å². The van der Waals surface area contributed by atoms with Crippen LogP contribution in [-0.2, 0) is 9.59 Å². The van der Waals surface area contributed by atoms with Gasteiger partial charge >= 0.3 is 0 Å². The first-order chi connectivity index (χ1) is 8.56. The van der Waals surface area contributed by atoms with E-state index < -0.39 is 0 Å². The van der Waals surface area contributed by atoms with E-state index in [2.05, 4.69) is 10.6 Å². The Hall–Kier alpha value is -1.81. The topological polar surface area (TPSA) is 58.2 Å². The molecule has 0 heterocycles. The van der Waals surface area contributed by atoms with Crippen molar-refractivity contribution in [3.8, 4) is 0 Å². The molecule has 5 heteroatoms. The molecule has 1 aromatic rings. The smallest absolute Gasteiger partial charge is 0.248 e. The molecule has 4 nitrogen and oxygen atoms in total. The summed E-state index contributed by atoms with van der Waals surface area (Å²) in [6.45, 7) is 3.51. The highest BCUT2D eigenvalue weighted by Gasteiger charge is 2.06. The van der Waals surface area contributed by atoms with Crippen LogP contribution in [0.15, 0.2) is 30.4 Å². The van der Waals surface area contributed by atoms with Crippen molar-refractivity contribution in [2.24, 2.45) is 0 Å². The molecule has 0 aliphatic heterocycles. The largest absolute Gasteiger partial charge is 0.326 e. The van der Waals surface area contributed by atoms with Crippen molar-refractivity contribution in [1.82, 2.24) is 0 Å². The van der Waals surface area contributed by atoms with Crippen LogP contribution in [0, 0.1) is 0 Å². The fourth-order valence-electron chi connectivity index (χ4n) is 1.27. The molecule has 0 aromatic heterocycles. The molecule has 0 fully saturated rings. The molecule has 0 bridgehead atoms. The lowest BCUT2D eigenvalue weighted by Crippen LogP contribution is -2.11. The van der Waals surface area contributed by atoms with Gasteiger partial charge < -0.3 is 10.6 Å². The molecule has 0 aliphatic rings. The zero-order valence-corrected chi connectivity index (χ0v) is 11.0. The van der Waals surface area contributed by atoms with E-state index in [0.29, 0.717) is 22.8 Å². The van der Waals surface area contributed by atoms with Crippen molar-refractivity contribution in [2.45, 2.75) is 20.3 Å². The maximum Gasteiger partial charge on any atom is 0.248 e. The summed E-state index contributed by atoms with van der Waals surface area (Å²) in [5.41, 5.74) is 1.07. The summed E-state index contributed by atoms with van der Waals surface area (Å²) in [4.78, 5) is 22.7. The zero-order chi connectivity index (χ0) is 13.5. The molecule has 1 rings (SSSR count). The van der Waals surface area contributed by atoms with E-state index in [-0.39, 0.29) is 11.8 Å². The number of carbonyl (C=O) groups is 2. The molecule has 0 saturated carbocycles. The summed E-state index contributed by atoms with van der Waals surface area (Å²) >= 11 is 5.96. The highest BCUT2D eigenvalue weighted by Crippen LogP contribution is 2.25. The fraction of sp³-hybridized carbons (Fsp3) is 0.231. The Kier molecular flexibility index (Phi) is 5.39. The number of halogens is 1. The van der Waals surface area contributed by atoms with Gasteiger partial charge in [0.1, 0.15) is 0 Å². The van der Waals surface area contributed by atoms with Gasteiger partial charge in [0.15, 0.2) is 0 Å². The van der Waals surface area contributed by atoms with Gasteiger partial charge in [-0.05, 0) is 31.2 Å². The van der Waals surface area contributed by atoms with Crippen LogP contribution in [-0.4, -0.2) is 11.8 Å². The summed E-state index contributed by atoms with van der Waals surface area (Å²) in [5, 5.41) is 5.75. The van der Waals surface area contributed by atoms with Crippen molar-refractivity contribution in [2.75, 3.05) is 10.6 Å². The minimum atomic E-state index is -0.265. The predicted molar refractivity (Wildman–Crippen MR) is 73.8 cm³/mol. The molecule has 96 valence electrons. The third-order valence-electron chi connectivity index (χ3n) is 2.15. The second kappa shape index (κ2) is 6.81. The van der Waals surface area contributed by atoms with Crippen LogP contribution in [0.2, 0.25) is 5.02 Å². The quantitative estimate of drug-likeness (QED) is 0.822. The van der Waals surface area contributed by atoms with Crippen LogP contribution < -0.4 is 10.6 Å². The van der Waals surface area contributed by atoms with Gasteiger partial charge in [0.25, 0.3) is 0 Å². The Balaban J connectivity index is 2.87. The number of rotatable bonds is 4. The molecular weight excluding hydrogens is 252 g/mol. The third-order valence-corrected chi connectivity index (χ3v) is 2.48. The molecule has 18 heavy (non-hydrogen) atoms. The van der Waals surface area contributed by atoms with E-state index in [1.54, 1.807) is 38.1 Å². The standard InChI is InChI=1S/C13H15ClN2O2/c1-3-5-13(18)16-11-8-9(6-7-10(11)14)15-12(17)4-2/h3,5-8H,4H2,1-2H3,(H,15,17)(H,16,18). The third kappa shape index (κ3) is 4.22. The average molecular weight is 267 g/mol. The van der Waals surface area contributed by atoms with Gasteiger partial charge in [-0.1, -0.05) is 24.6 Å². The van der Waals surface area contributed by atoms with E-state index in [9.17, 15) is 9.59 Å². The van der Waals surface area contributed by atoms with Crippen LogP contribution in [0.3, 0.4) is 0 Å². The van der Waals surface area contributed by atoms with E-state index in [1.807, 2.05) is 0 Å². The van der Waals surface area contributed by atoms with Gasteiger partial charge in [-0.25, -0.2) is 0 Å². The SMILES string of the molecule is CC=CC(=O)Nc1cc(NC(=O)CC)ccc1Cl. The Morgan fingerprint density at radius 3 is 2.67 bits per heavy atom. The van der Waals surface area contributed by atoms with E-state index in [1.165, 1.54) is 6.08 Å². The maximum absolute atomic E-state index is 11.4. The van der Waals surface area contributed by atoms with Gasteiger partial charge in [-0.2, -0.15) is 0 Å². The van der Waals surface area contributed by atoms with Gasteiger partial charge in [0, 0.05) is 12.1 Å². The number of benzene rings is 1. The minimum absolute atomic E-state index is 0.0944. The highest BCUT2D eigenvalue weighted by molar-refractivity contribution is 6.34. The normalized spacial score (nSPS) is 10.4. The van der Waals surface area contributed by atoms with Crippen molar-refractivity contribution >= 4 is 34.8 Å². The summed E-state index contributed by atoms with van der Waals surface area (Å²) in [6, 6.07) is 4.93. The molecular formula is C13H15ClN2O2. The number of hydrogen-bond donors (Lipinski definition) is 2. The van der Waals surface area contributed by atoms with Crippen LogP contribution >= 0.6 is 11.6 Å². The minimum Gasteiger partial charge on any atom is -0.326 e. The number of hydrogen-bond acceptors (Lipinski definition) is 2. The molecule has 2 amide bonds. The number of carbonyl (C=O) groups excluding carboxylic acids is 2. The summed E-state index contributed by atoms with van der Waals surface area (Å²) < 4.78 is 0. The first kappa shape index (κ1) is 14.3. The summed E-state index contributed by atoms with van der Waals surface area (Å²) in [5.74, 6) is -0.360. The van der Waals surface area contributed by atoms with Gasteiger partial charge in [-0.15, -0.1) is 0 Å². The molecule has 0 aliphatic carbocycles. The Bertz CT molecular complexity index is 484. The predicted octanol–water partition coefficient (Wildman–Crippen LogP) is 3.20. The fourth-order valence-corrected chi connectivity index (χ4v) is 1.44. The lowest BCUT2D eigenvalue weighted by molar-refractivity contribution is -0.116. The first-order valence-electron chi connectivity index (χ1n) is 5.60. The van der Waals surface area contributed by atoms with Crippen molar-refractivity contribution < 1.29 is 9.59 Å². The first-order valence-corrected chi connectivity index (χ1v) is 5.97. The lowest BCUT2D eigenvalue weighted by Gasteiger charge is -2.09. The van der Waals surface area contributed by atoms with Crippen LogP contribution in [0.5, 0.6) is 0 Å². The van der Waals surface area contributed by atoms with E-state index in [4.69, 9.17) is 11.6 Å². The highest BCUT2D eigenvalue weighted by atomic mass is 35.5. The monoisotopic (exact) mass is 266 g/mol. The second-order valence-electron chi connectivity index (χ2n) is 3.59. The molecule has 0 unspecified atom stereocenters. The average Bonchev–Trinajstić information content (AvgIpc) is 2.33. The zero-order valence-electron chi connectivity index (χ0n) is 10.3. The molecule has 1 aromatic carbocycles. The molecule has 0 radical (unpaired) electrons. The Morgan fingerprint density at radius 2 is 2.06 bits per heavy atom. The lowest BCUT2D eigenvalue weighted by atomic mass is 10.2.